The largest absolute Gasteiger partial charge is 0.388 e. The van der Waals surface area contributed by atoms with Gasteiger partial charge in [0.1, 0.15) is 0 Å². The number of aromatic nitrogens is 2. The topological polar surface area (TPSA) is 50.1 Å². The van der Waals surface area contributed by atoms with Crippen molar-refractivity contribution in [2.45, 2.75) is 18.9 Å². The number of rotatable bonds is 7. The van der Waals surface area contributed by atoms with Gasteiger partial charge in [-0.3, -0.25) is 4.68 Å². The Morgan fingerprint density at radius 2 is 2.38 bits per heavy atom. The molecule has 1 aromatic rings. The predicted molar refractivity (Wildman–Crippen MR) is 68.8 cm³/mol. The van der Waals surface area contributed by atoms with E-state index in [4.69, 9.17) is 0 Å². The Morgan fingerprint density at radius 1 is 1.62 bits per heavy atom. The second kappa shape index (κ2) is 6.27. The molecular formula is C11H21N3OS. The maximum atomic E-state index is 9.92. The van der Waals surface area contributed by atoms with Gasteiger partial charge in [-0.2, -0.15) is 16.9 Å². The molecule has 16 heavy (non-hydrogen) atoms. The Bertz CT molecular complexity index is 312. The third kappa shape index (κ3) is 5.01. The molecule has 0 aliphatic carbocycles. The lowest BCUT2D eigenvalue weighted by Crippen LogP contribution is -2.40. The average Bonchev–Trinajstić information content (AvgIpc) is 2.59. The summed E-state index contributed by atoms with van der Waals surface area (Å²) in [4.78, 5) is 0. The monoisotopic (exact) mass is 243 g/mol. The lowest BCUT2D eigenvalue weighted by Gasteiger charge is -2.22. The maximum absolute atomic E-state index is 9.92. The van der Waals surface area contributed by atoms with Crippen molar-refractivity contribution >= 4 is 11.8 Å². The van der Waals surface area contributed by atoms with Gasteiger partial charge in [0.05, 0.1) is 11.8 Å². The van der Waals surface area contributed by atoms with E-state index in [0.29, 0.717) is 6.54 Å². The molecule has 5 heteroatoms. The molecule has 1 unspecified atom stereocenters. The highest BCUT2D eigenvalue weighted by atomic mass is 32.2. The van der Waals surface area contributed by atoms with Crippen LogP contribution in [0.5, 0.6) is 0 Å². The van der Waals surface area contributed by atoms with E-state index in [-0.39, 0.29) is 0 Å². The lowest BCUT2D eigenvalue weighted by molar-refractivity contribution is 0.0852. The van der Waals surface area contributed by atoms with Gasteiger partial charge in [-0.15, -0.1) is 0 Å². The summed E-state index contributed by atoms with van der Waals surface area (Å²) in [6.45, 7) is 3.37. The van der Waals surface area contributed by atoms with Crippen LogP contribution >= 0.6 is 11.8 Å². The number of aryl methyl sites for hydroxylation is 1. The summed E-state index contributed by atoms with van der Waals surface area (Å²) in [5.41, 5.74) is 0.605. The molecule has 1 heterocycles. The van der Waals surface area contributed by atoms with Crippen LogP contribution in [0.4, 0.5) is 0 Å². The van der Waals surface area contributed by atoms with Crippen LogP contribution < -0.4 is 5.32 Å². The summed E-state index contributed by atoms with van der Waals surface area (Å²) in [5.74, 6) is 0.757. The van der Waals surface area contributed by atoms with Crippen LogP contribution in [0.15, 0.2) is 12.4 Å². The minimum absolute atomic E-state index is 0.617. The van der Waals surface area contributed by atoms with Crippen molar-refractivity contribution in [2.75, 3.05) is 25.1 Å². The zero-order valence-electron chi connectivity index (χ0n) is 10.2. The van der Waals surface area contributed by atoms with Crippen LogP contribution in [0.1, 0.15) is 12.5 Å². The number of nitrogens with one attached hydrogen (secondary N) is 1. The fourth-order valence-corrected chi connectivity index (χ4v) is 2.28. The minimum Gasteiger partial charge on any atom is -0.388 e. The molecule has 0 saturated heterocycles. The van der Waals surface area contributed by atoms with Gasteiger partial charge in [-0.1, -0.05) is 0 Å². The fraction of sp³-hybridized carbons (Fsp3) is 0.727. The van der Waals surface area contributed by atoms with E-state index in [2.05, 4.69) is 10.4 Å². The number of aliphatic hydroxyl groups is 1. The first kappa shape index (κ1) is 13.5. The van der Waals surface area contributed by atoms with Crippen LogP contribution in [-0.2, 0) is 13.5 Å². The zero-order valence-corrected chi connectivity index (χ0v) is 11.0. The lowest BCUT2D eigenvalue weighted by atomic mass is 10.1. The molecule has 1 aromatic heterocycles. The van der Waals surface area contributed by atoms with Crippen LogP contribution in [-0.4, -0.2) is 45.6 Å². The molecule has 2 N–H and O–H groups in total. The molecule has 1 atom stereocenters. The molecule has 0 aromatic carbocycles. The van der Waals surface area contributed by atoms with Crippen LogP contribution in [0.2, 0.25) is 0 Å². The summed E-state index contributed by atoms with van der Waals surface area (Å²) in [5, 5.41) is 17.3. The fourth-order valence-electron chi connectivity index (χ4n) is 1.55. The first-order valence-electron chi connectivity index (χ1n) is 5.43. The number of thioether (sulfide) groups is 1. The number of hydrogen-bond donors (Lipinski definition) is 2. The van der Waals surface area contributed by atoms with E-state index in [1.807, 2.05) is 32.6 Å². The molecule has 0 fully saturated rings. The van der Waals surface area contributed by atoms with Gasteiger partial charge in [0, 0.05) is 25.5 Å². The van der Waals surface area contributed by atoms with Crippen molar-refractivity contribution in [3.05, 3.63) is 18.0 Å². The van der Waals surface area contributed by atoms with Gasteiger partial charge in [-0.05, 0) is 31.7 Å². The number of hydrogen-bond acceptors (Lipinski definition) is 4. The second-order valence-corrected chi connectivity index (χ2v) is 5.25. The Morgan fingerprint density at radius 3 is 2.94 bits per heavy atom. The van der Waals surface area contributed by atoms with Crippen LogP contribution in [0.25, 0.3) is 0 Å². The van der Waals surface area contributed by atoms with Gasteiger partial charge < -0.3 is 10.4 Å². The van der Waals surface area contributed by atoms with Gasteiger partial charge in [-0.25, -0.2) is 0 Å². The van der Waals surface area contributed by atoms with E-state index < -0.39 is 5.60 Å². The average molecular weight is 243 g/mol. The highest BCUT2D eigenvalue weighted by Gasteiger charge is 2.18. The molecule has 92 valence electrons. The summed E-state index contributed by atoms with van der Waals surface area (Å²) >= 11 is 1.66. The summed E-state index contributed by atoms with van der Waals surface area (Å²) < 4.78 is 1.80. The summed E-state index contributed by atoms with van der Waals surface area (Å²) in [6.07, 6.45) is 6.84. The SMILES string of the molecule is CSCC(C)(O)CNCCc1cnn(C)c1. The second-order valence-electron chi connectivity index (χ2n) is 4.38. The maximum Gasteiger partial charge on any atom is 0.0833 e. The summed E-state index contributed by atoms with van der Waals surface area (Å²) in [6, 6.07) is 0. The van der Waals surface area contributed by atoms with Crippen LogP contribution in [0.3, 0.4) is 0 Å². The first-order chi connectivity index (χ1) is 7.53. The van der Waals surface area contributed by atoms with E-state index in [0.717, 1.165) is 18.7 Å². The Hall–Kier alpha value is -0.520. The van der Waals surface area contributed by atoms with Crippen molar-refractivity contribution in [3.8, 4) is 0 Å². The van der Waals surface area contributed by atoms with Gasteiger partial charge >= 0.3 is 0 Å². The zero-order chi connectivity index (χ0) is 12.0. The third-order valence-corrected chi connectivity index (χ3v) is 3.22. The molecule has 4 nitrogen and oxygen atoms in total. The molecule has 0 aliphatic heterocycles. The number of nitrogens with zero attached hydrogens (tertiary/aromatic N) is 2. The first-order valence-corrected chi connectivity index (χ1v) is 6.82. The Balaban J connectivity index is 2.16. The van der Waals surface area contributed by atoms with E-state index >= 15 is 0 Å². The minimum atomic E-state index is -0.617. The molecular weight excluding hydrogens is 222 g/mol. The van der Waals surface area contributed by atoms with E-state index in [1.165, 1.54) is 5.56 Å². The van der Waals surface area contributed by atoms with Gasteiger partial charge in [0.25, 0.3) is 0 Å². The van der Waals surface area contributed by atoms with Crippen molar-refractivity contribution in [1.82, 2.24) is 15.1 Å². The van der Waals surface area contributed by atoms with Crippen molar-refractivity contribution in [3.63, 3.8) is 0 Å². The Labute approximate surface area is 101 Å². The predicted octanol–water partition coefficient (Wildman–Crippen LogP) is 0.666. The third-order valence-electron chi connectivity index (χ3n) is 2.31. The summed E-state index contributed by atoms with van der Waals surface area (Å²) in [7, 11) is 1.92. The van der Waals surface area contributed by atoms with Crippen LogP contribution in [0, 0.1) is 0 Å². The quantitative estimate of drug-likeness (QED) is 0.691. The molecule has 0 radical (unpaired) electrons. The van der Waals surface area contributed by atoms with Crippen molar-refractivity contribution < 1.29 is 5.11 Å². The molecule has 0 aliphatic rings. The normalized spacial score (nSPS) is 15.0. The van der Waals surface area contributed by atoms with Crippen molar-refractivity contribution in [1.29, 1.82) is 0 Å². The van der Waals surface area contributed by atoms with E-state index in [1.54, 1.807) is 16.4 Å². The molecule has 0 saturated carbocycles. The van der Waals surface area contributed by atoms with E-state index in [9.17, 15) is 5.11 Å². The standard InChI is InChI=1S/C11H21N3OS/c1-11(15,9-16-3)8-12-5-4-10-6-13-14(2)7-10/h6-7,12,15H,4-5,8-9H2,1-3H3. The molecule has 0 bridgehead atoms. The highest BCUT2D eigenvalue weighted by Crippen LogP contribution is 2.08. The van der Waals surface area contributed by atoms with Crippen molar-refractivity contribution in [2.24, 2.45) is 7.05 Å². The van der Waals surface area contributed by atoms with Gasteiger partial charge in [0.2, 0.25) is 0 Å². The molecule has 0 spiro atoms. The molecule has 1 rings (SSSR count). The Kier molecular flexibility index (Phi) is 5.31. The smallest absolute Gasteiger partial charge is 0.0833 e. The molecule has 0 amide bonds. The van der Waals surface area contributed by atoms with Gasteiger partial charge in [0.15, 0.2) is 0 Å². The highest BCUT2D eigenvalue weighted by molar-refractivity contribution is 7.98.